The average Bonchev–Trinajstić information content (AvgIpc) is 3.09. The van der Waals surface area contributed by atoms with E-state index in [-0.39, 0.29) is 18.5 Å². The Kier molecular flexibility index (Phi) is 4.97. The van der Waals surface area contributed by atoms with Crippen LogP contribution in [0.5, 0.6) is 0 Å². The molecule has 0 aliphatic rings. The van der Waals surface area contributed by atoms with Crippen molar-refractivity contribution in [3.8, 4) is 5.69 Å². The third kappa shape index (κ3) is 4.24. The summed E-state index contributed by atoms with van der Waals surface area (Å²) in [7, 11) is 0. The summed E-state index contributed by atoms with van der Waals surface area (Å²) in [5.74, 6) is -0.449. The first-order valence-corrected chi connectivity index (χ1v) is 7.67. The van der Waals surface area contributed by atoms with E-state index in [9.17, 15) is 18.0 Å². The van der Waals surface area contributed by atoms with Crippen LogP contribution in [0.3, 0.4) is 0 Å². The van der Waals surface area contributed by atoms with Gasteiger partial charge >= 0.3 is 6.18 Å². The first-order chi connectivity index (χ1) is 12.4. The van der Waals surface area contributed by atoms with Crippen molar-refractivity contribution in [2.45, 2.75) is 19.1 Å². The number of halogens is 3. The number of hydrogen-bond acceptors (Lipinski definition) is 4. The number of alkyl halides is 3. The van der Waals surface area contributed by atoms with Crippen LogP contribution in [0.25, 0.3) is 5.69 Å². The Morgan fingerprint density at radius 1 is 1.12 bits per heavy atom. The maximum atomic E-state index is 12.9. The number of carbonyl (C=O) groups is 1. The molecule has 0 saturated carbocycles. The van der Waals surface area contributed by atoms with Gasteiger partial charge in [0.1, 0.15) is 0 Å². The predicted octanol–water partition coefficient (Wildman–Crippen LogP) is 2.54. The van der Waals surface area contributed by atoms with Crippen LogP contribution in [-0.2, 0) is 23.9 Å². The second kappa shape index (κ2) is 7.34. The molecule has 0 fully saturated rings. The number of nitrogens with one attached hydrogen (secondary N) is 1. The molecule has 1 amide bonds. The van der Waals surface area contributed by atoms with Crippen LogP contribution in [0.1, 0.15) is 16.8 Å². The lowest BCUT2D eigenvalue weighted by Gasteiger charge is -2.12. The molecule has 0 aliphatic heterocycles. The number of pyridine rings is 1. The Morgan fingerprint density at radius 2 is 1.88 bits per heavy atom. The van der Waals surface area contributed by atoms with Crippen molar-refractivity contribution in [1.29, 1.82) is 0 Å². The molecule has 0 saturated heterocycles. The van der Waals surface area contributed by atoms with E-state index in [1.165, 1.54) is 23.3 Å². The number of aromatic nitrogens is 4. The summed E-state index contributed by atoms with van der Waals surface area (Å²) < 4.78 is 38.7. The van der Waals surface area contributed by atoms with E-state index in [0.717, 1.165) is 11.9 Å². The fraction of sp³-hybridized carbons (Fsp3) is 0.176. The summed E-state index contributed by atoms with van der Waals surface area (Å²) >= 11 is 0. The van der Waals surface area contributed by atoms with Crippen LogP contribution in [0.4, 0.5) is 13.2 Å². The Hall–Kier alpha value is -3.23. The van der Waals surface area contributed by atoms with Gasteiger partial charge < -0.3 is 5.32 Å². The molecule has 0 spiro atoms. The first-order valence-electron chi connectivity index (χ1n) is 7.67. The van der Waals surface area contributed by atoms with Gasteiger partial charge in [-0.15, -0.1) is 0 Å². The van der Waals surface area contributed by atoms with Crippen molar-refractivity contribution >= 4 is 5.91 Å². The molecule has 9 heteroatoms. The highest BCUT2D eigenvalue weighted by Crippen LogP contribution is 2.31. The predicted molar refractivity (Wildman–Crippen MR) is 86.1 cm³/mol. The van der Waals surface area contributed by atoms with E-state index in [4.69, 9.17) is 0 Å². The molecule has 0 radical (unpaired) electrons. The van der Waals surface area contributed by atoms with Gasteiger partial charge in [0.05, 0.1) is 29.6 Å². The maximum Gasteiger partial charge on any atom is 0.418 e. The van der Waals surface area contributed by atoms with Gasteiger partial charge in [0.25, 0.3) is 0 Å². The summed E-state index contributed by atoms with van der Waals surface area (Å²) in [5, 5.41) is 10.7. The molecule has 3 rings (SSSR count). The number of benzene rings is 1. The highest BCUT2D eigenvalue weighted by molar-refractivity contribution is 5.78. The molecule has 26 heavy (non-hydrogen) atoms. The van der Waals surface area contributed by atoms with Gasteiger partial charge in [-0.3, -0.25) is 9.78 Å². The maximum absolute atomic E-state index is 12.9. The van der Waals surface area contributed by atoms with Crippen molar-refractivity contribution in [2.24, 2.45) is 0 Å². The van der Waals surface area contributed by atoms with Gasteiger partial charge in [0.15, 0.2) is 0 Å². The van der Waals surface area contributed by atoms with Gasteiger partial charge in [-0.25, -0.2) is 0 Å². The zero-order valence-corrected chi connectivity index (χ0v) is 13.4. The average molecular weight is 361 g/mol. The molecule has 0 aliphatic carbocycles. The number of nitrogens with zero attached hydrogens (tertiary/aromatic N) is 4. The van der Waals surface area contributed by atoms with Crippen LogP contribution in [-0.4, -0.2) is 25.9 Å². The minimum Gasteiger partial charge on any atom is -0.352 e. The van der Waals surface area contributed by atoms with Crippen molar-refractivity contribution in [3.05, 3.63) is 71.8 Å². The van der Waals surface area contributed by atoms with Gasteiger partial charge in [0.2, 0.25) is 5.91 Å². The number of rotatable bonds is 5. The molecule has 1 aromatic carbocycles. The highest BCUT2D eigenvalue weighted by atomic mass is 19.4. The van der Waals surface area contributed by atoms with E-state index in [2.05, 4.69) is 20.5 Å². The standard InChI is InChI=1S/C17H14F3N5O/c18-17(19,20)15-11-21-7-6-12(15)9-22-16(26)8-13-10-23-25(24-13)14-4-2-1-3-5-14/h1-7,10-11H,8-9H2,(H,22,26). The molecule has 0 unspecified atom stereocenters. The minimum atomic E-state index is -4.52. The van der Waals surface area contributed by atoms with Gasteiger partial charge in [0, 0.05) is 18.9 Å². The highest BCUT2D eigenvalue weighted by Gasteiger charge is 2.33. The quantitative estimate of drug-likeness (QED) is 0.758. The van der Waals surface area contributed by atoms with Crippen molar-refractivity contribution < 1.29 is 18.0 Å². The van der Waals surface area contributed by atoms with Crippen LogP contribution in [0, 0.1) is 0 Å². The number of para-hydroxylation sites is 1. The summed E-state index contributed by atoms with van der Waals surface area (Å²) in [6.07, 6.45) is -1.17. The lowest BCUT2D eigenvalue weighted by Crippen LogP contribution is -2.26. The third-order valence-electron chi connectivity index (χ3n) is 3.56. The molecule has 1 N–H and O–H groups in total. The minimum absolute atomic E-state index is 0.0474. The van der Waals surface area contributed by atoms with Gasteiger partial charge in [-0.1, -0.05) is 18.2 Å². The smallest absolute Gasteiger partial charge is 0.352 e. The first kappa shape index (κ1) is 17.6. The lowest BCUT2D eigenvalue weighted by molar-refractivity contribution is -0.138. The van der Waals surface area contributed by atoms with Gasteiger partial charge in [-0.05, 0) is 23.8 Å². The third-order valence-corrected chi connectivity index (χ3v) is 3.56. The number of hydrogen-bond donors (Lipinski definition) is 1. The van der Waals surface area contributed by atoms with E-state index in [0.29, 0.717) is 5.69 Å². The summed E-state index contributed by atoms with van der Waals surface area (Å²) in [5.41, 5.74) is 0.243. The normalized spacial score (nSPS) is 11.3. The topological polar surface area (TPSA) is 72.7 Å². The van der Waals surface area contributed by atoms with E-state index >= 15 is 0 Å². The van der Waals surface area contributed by atoms with Crippen LogP contribution >= 0.6 is 0 Å². The fourth-order valence-corrected chi connectivity index (χ4v) is 2.31. The molecular weight excluding hydrogens is 347 g/mol. The van der Waals surface area contributed by atoms with Crippen molar-refractivity contribution in [1.82, 2.24) is 25.3 Å². The van der Waals surface area contributed by atoms with Crippen LogP contribution in [0.15, 0.2) is 55.0 Å². The van der Waals surface area contributed by atoms with Crippen molar-refractivity contribution in [3.63, 3.8) is 0 Å². The zero-order valence-electron chi connectivity index (χ0n) is 13.4. The molecule has 0 atom stereocenters. The van der Waals surface area contributed by atoms with Crippen LogP contribution < -0.4 is 5.32 Å². The molecular formula is C17H14F3N5O. The summed E-state index contributed by atoms with van der Waals surface area (Å²) in [6.45, 7) is -0.247. The Labute approximate surface area is 146 Å². The Balaban J connectivity index is 1.62. The number of carbonyl (C=O) groups excluding carboxylic acids is 1. The van der Waals surface area contributed by atoms with E-state index in [1.54, 1.807) is 0 Å². The molecule has 134 valence electrons. The number of amides is 1. The van der Waals surface area contributed by atoms with E-state index in [1.807, 2.05) is 30.3 Å². The Bertz CT molecular complexity index is 893. The second-order valence-electron chi connectivity index (χ2n) is 5.44. The molecule has 2 aromatic heterocycles. The van der Waals surface area contributed by atoms with Crippen molar-refractivity contribution in [2.75, 3.05) is 0 Å². The van der Waals surface area contributed by atoms with Gasteiger partial charge in [-0.2, -0.15) is 28.2 Å². The largest absolute Gasteiger partial charge is 0.418 e. The second-order valence-corrected chi connectivity index (χ2v) is 5.44. The van der Waals surface area contributed by atoms with E-state index < -0.39 is 17.6 Å². The molecule has 2 heterocycles. The zero-order chi connectivity index (χ0) is 18.6. The molecule has 0 bridgehead atoms. The Morgan fingerprint density at radius 3 is 2.62 bits per heavy atom. The summed E-state index contributed by atoms with van der Waals surface area (Å²) in [4.78, 5) is 16.9. The van der Waals surface area contributed by atoms with Crippen LogP contribution in [0.2, 0.25) is 0 Å². The summed E-state index contributed by atoms with van der Waals surface area (Å²) in [6, 6.07) is 10.4. The lowest BCUT2D eigenvalue weighted by atomic mass is 10.1. The molecule has 3 aromatic rings. The molecule has 6 nitrogen and oxygen atoms in total. The SMILES string of the molecule is O=C(Cc1cnn(-c2ccccc2)n1)NCc1ccncc1C(F)(F)F. The fourth-order valence-electron chi connectivity index (χ4n) is 2.31. The monoisotopic (exact) mass is 361 g/mol.